The summed E-state index contributed by atoms with van der Waals surface area (Å²) in [6.07, 6.45) is -4.65. The zero-order valence-corrected chi connectivity index (χ0v) is 21.1. The minimum Gasteiger partial charge on any atom is -0.444 e. The number of alkyl halides is 3. The summed E-state index contributed by atoms with van der Waals surface area (Å²) in [6, 6.07) is 7.48. The number of hydrogen-bond donors (Lipinski definition) is 2. The fourth-order valence-electron chi connectivity index (χ4n) is 3.68. The zero-order chi connectivity index (χ0) is 27.3. The minimum absolute atomic E-state index is 0.0266. The third-order valence-corrected chi connectivity index (χ3v) is 6.74. The molecule has 12 heteroatoms. The van der Waals surface area contributed by atoms with E-state index >= 15 is 0 Å². The molecule has 2 aromatic carbocycles. The Morgan fingerprint density at radius 2 is 1.64 bits per heavy atom. The number of rotatable bonds is 4. The van der Waals surface area contributed by atoms with Crippen molar-refractivity contribution < 1.29 is 41.0 Å². The second-order valence-corrected chi connectivity index (χ2v) is 11.8. The number of sulfone groups is 1. The highest BCUT2D eigenvalue weighted by Gasteiger charge is 2.51. The lowest BCUT2D eigenvalue weighted by atomic mass is 9.95. The Balaban J connectivity index is 1.93. The number of fused-ring (bicyclic) bond motifs is 1. The fraction of sp³-hybridized carbons (Fsp3) is 0.417. The van der Waals surface area contributed by atoms with Crippen LogP contribution < -0.4 is 5.32 Å². The smallest absolute Gasteiger partial charge is 0.421 e. The molecule has 2 amide bonds. The van der Waals surface area contributed by atoms with Crippen molar-refractivity contribution in [1.82, 2.24) is 4.90 Å². The average Bonchev–Trinajstić information content (AvgIpc) is 3.10. The van der Waals surface area contributed by atoms with E-state index in [0.717, 1.165) is 23.3 Å². The first kappa shape index (κ1) is 27.5. The Kier molecular flexibility index (Phi) is 6.92. The highest BCUT2D eigenvalue weighted by molar-refractivity contribution is 7.90. The fourth-order valence-corrected chi connectivity index (χ4v) is 4.36. The number of halogens is 3. The van der Waals surface area contributed by atoms with Crippen molar-refractivity contribution in [3.8, 4) is 0 Å². The molecule has 3 rings (SSSR count). The molecule has 2 aromatic rings. The molecular weight excluding hydrogens is 501 g/mol. The molecule has 1 aliphatic rings. The predicted octanol–water partition coefficient (Wildman–Crippen LogP) is 4.29. The molecule has 2 atom stereocenters. The Labute approximate surface area is 207 Å². The van der Waals surface area contributed by atoms with Gasteiger partial charge in [0.2, 0.25) is 0 Å². The Morgan fingerprint density at radius 3 is 2.14 bits per heavy atom. The second-order valence-electron chi connectivity index (χ2n) is 9.78. The molecule has 1 unspecified atom stereocenters. The molecule has 36 heavy (non-hydrogen) atoms. The van der Waals surface area contributed by atoms with Gasteiger partial charge in [-0.15, -0.1) is 0 Å². The molecule has 8 nitrogen and oxygen atoms in total. The van der Waals surface area contributed by atoms with Crippen LogP contribution in [0, 0.1) is 0 Å². The first-order valence-electron chi connectivity index (χ1n) is 10.8. The van der Waals surface area contributed by atoms with Crippen LogP contribution in [0.25, 0.3) is 0 Å². The second kappa shape index (κ2) is 9.07. The summed E-state index contributed by atoms with van der Waals surface area (Å²) in [5, 5.41) is 12.4. The lowest BCUT2D eigenvalue weighted by Gasteiger charge is -2.28. The highest BCUT2D eigenvalue weighted by Crippen LogP contribution is 2.39. The molecule has 1 aliphatic heterocycles. The van der Waals surface area contributed by atoms with E-state index in [-0.39, 0.29) is 17.1 Å². The maximum atomic E-state index is 13.3. The Bertz CT molecular complexity index is 1280. The van der Waals surface area contributed by atoms with E-state index in [1.54, 1.807) is 20.8 Å². The number of anilines is 1. The SMILES string of the molecule is CC(C)(C)OC(=O)N1Cc2cc(S(C)(=O)=O)ccc2[C@@H]1C(=O)Nc1ccc(C(C)(O)C(F)(F)F)cc1. The normalized spacial score (nSPS) is 17.8. The number of benzene rings is 2. The van der Waals surface area contributed by atoms with Crippen LogP contribution in [0.5, 0.6) is 0 Å². The summed E-state index contributed by atoms with van der Waals surface area (Å²) < 4.78 is 68.7. The van der Waals surface area contributed by atoms with E-state index in [1.807, 2.05) is 0 Å². The number of carbonyl (C=O) groups is 2. The van der Waals surface area contributed by atoms with Gasteiger partial charge in [-0.1, -0.05) is 18.2 Å². The topological polar surface area (TPSA) is 113 Å². The third-order valence-electron chi connectivity index (χ3n) is 5.63. The van der Waals surface area contributed by atoms with Gasteiger partial charge in [0, 0.05) is 11.9 Å². The maximum absolute atomic E-state index is 13.3. The van der Waals surface area contributed by atoms with Crippen molar-refractivity contribution in [2.75, 3.05) is 11.6 Å². The summed E-state index contributed by atoms with van der Waals surface area (Å²) in [5.41, 5.74) is -3.39. The van der Waals surface area contributed by atoms with Gasteiger partial charge in [-0.2, -0.15) is 13.2 Å². The van der Waals surface area contributed by atoms with Crippen LogP contribution in [0.1, 0.15) is 50.4 Å². The Morgan fingerprint density at radius 1 is 1.06 bits per heavy atom. The monoisotopic (exact) mass is 528 g/mol. The summed E-state index contributed by atoms with van der Waals surface area (Å²) in [5.74, 6) is -0.679. The highest BCUT2D eigenvalue weighted by atomic mass is 32.2. The molecule has 0 spiro atoms. The van der Waals surface area contributed by atoms with Gasteiger partial charge in [0.05, 0.1) is 11.4 Å². The summed E-state index contributed by atoms with van der Waals surface area (Å²) in [6.45, 7) is 5.51. The average molecular weight is 529 g/mol. The lowest BCUT2D eigenvalue weighted by molar-refractivity contribution is -0.258. The van der Waals surface area contributed by atoms with Crippen molar-refractivity contribution >= 4 is 27.5 Å². The summed E-state index contributed by atoms with van der Waals surface area (Å²) in [7, 11) is -3.54. The molecular formula is C24H27F3N2O6S. The van der Waals surface area contributed by atoms with E-state index in [2.05, 4.69) is 5.32 Å². The van der Waals surface area contributed by atoms with Crippen LogP contribution in [0.2, 0.25) is 0 Å². The molecule has 1 heterocycles. The van der Waals surface area contributed by atoms with E-state index in [9.17, 15) is 36.3 Å². The first-order chi connectivity index (χ1) is 16.3. The Hall–Kier alpha value is -3.12. The van der Waals surface area contributed by atoms with Crippen molar-refractivity contribution in [1.29, 1.82) is 0 Å². The third kappa shape index (κ3) is 5.65. The summed E-state index contributed by atoms with van der Waals surface area (Å²) in [4.78, 5) is 27.4. The van der Waals surface area contributed by atoms with Crippen LogP contribution in [-0.4, -0.2) is 48.5 Å². The van der Waals surface area contributed by atoms with Crippen molar-refractivity contribution in [3.63, 3.8) is 0 Å². The first-order valence-corrected chi connectivity index (χ1v) is 12.7. The van der Waals surface area contributed by atoms with Crippen molar-refractivity contribution in [3.05, 3.63) is 59.2 Å². The van der Waals surface area contributed by atoms with Crippen LogP contribution >= 0.6 is 0 Å². The number of nitrogens with one attached hydrogen (secondary N) is 1. The largest absolute Gasteiger partial charge is 0.444 e. The number of carbonyl (C=O) groups excluding carboxylic acids is 2. The number of hydrogen-bond acceptors (Lipinski definition) is 6. The lowest BCUT2D eigenvalue weighted by Crippen LogP contribution is -2.40. The van der Waals surface area contributed by atoms with Gasteiger partial charge in [0.1, 0.15) is 11.6 Å². The van der Waals surface area contributed by atoms with E-state index in [0.29, 0.717) is 18.1 Å². The maximum Gasteiger partial charge on any atom is 0.421 e. The van der Waals surface area contributed by atoms with Crippen LogP contribution in [-0.2, 0) is 31.5 Å². The van der Waals surface area contributed by atoms with Gasteiger partial charge >= 0.3 is 12.3 Å². The van der Waals surface area contributed by atoms with E-state index in [4.69, 9.17) is 4.74 Å². The molecule has 0 fully saturated rings. The number of aliphatic hydroxyl groups is 1. The zero-order valence-electron chi connectivity index (χ0n) is 20.3. The molecule has 2 N–H and O–H groups in total. The van der Waals surface area contributed by atoms with Gasteiger partial charge in [-0.3, -0.25) is 9.69 Å². The quantitative estimate of drug-likeness (QED) is 0.612. The van der Waals surface area contributed by atoms with Crippen LogP contribution in [0.4, 0.5) is 23.7 Å². The molecule has 0 radical (unpaired) electrons. The van der Waals surface area contributed by atoms with Gasteiger partial charge in [-0.05, 0) is 68.7 Å². The molecule has 0 aliphatic carbocycles. The van der Waals surface area contributed by atoms with Gasteiger partial charge in [-0.25, -0.2) is 13.2 Å². The van der Waals surface area contributed by atoms with Crippen LogP contribution in [0.3, 0.4) is 0 Å². The minimum atomic E-state index is -4.90. The molecule has 0 aromatic heterocycles. The van der Waals surface area contributed by atoms with E-state index < -0.39 is 50.8 Å². The predicted molar refractivity (Wildman–Crippen MR) is 125 cm³/mol. The summed E-state index contributed by atoms with van der Waals surface area (Å²) >= 11 is 0. The van der Waals surface area contributed by atoms with Crippen molar-refractivity contribution in [2.45, 2.75) is 62.6 Å². The van der Waals surface area contributed by atoms with Gasteiger partial charge in [0.15, 0.2) is 15.4 Å². The van der Waals surface area contributed by atoms with Gasteiger partial charge in [0.25, 0.3) is 5.91 Å². The number of nitrogens with zero attached hydrogens (tertiary/aromatic N) is 1. The standard InChI is InChI=1S/C24H27F3N2O6S/c1-22(2,3)35-21(31)29-13-14-12-17(36(5,33)34)10-11-18(14)19(29)20(30)28-16-8-6-15(7-9-16)23(4,32)24(25,26)27/h6-12,19,32H,13H2,1-5H3,(H,28,30)/t19-,23?/m1/s1. The van der Waals surface area contributed by atoms with E-state index in [1.165, 1.54) is 30.3 Å². The molecule has 0 bridgehead atoms. The molecule has 196 valence electrons. The molecule has 0 saturated carbocycles. The molecule has 0 saturated heterocycles. The van der Waals surface area contributed by atoms with Crippen LogP contribution in [0.15, 0.2) is 47.4 Å². The van der Waals surface area contributed by atoms with Gasteiger partial charge < -0.3 is 15.2 Å². The van der Waals surface area contributed by atoms with Crippen molar-refractivity contribution in [2.24, 2.45) is 0 Å². The number of amides is 2. The number of ether oxygens (including phenoxy) is 1.